The van der Waals surface area contributed by atoms with Gasteiger partial charge in [0.05, 0.1) is 23.1 Å². The van der Waals surface area contributed by atoms with Gasteiger partial charge in [0.2, 0.25) is 0 Å². The number of nitrogens with one attached hydrogen (secondary N) is 2. The molecule has 2 fully saturated rings. The number of hydrogen-bond donors (Lipinski definition) is 3. The van der Waals surface area contributed by atoms with Gasteiger partial charge in [0.15, 0.2) is 0 Å². The molecular formula is C30H33FN6O3. The number of piperidine rings is 1. The first kappa shape index (κ1) is 26.1. The average molecular weight is 545 g/mol. The smallest absolute Gasteiger partial charge is 0.339 e. The van der Waals surface area contributed by atoms with Crippen LogP contribution in [0.1, 0.15) is 71.9 Å². The standard InChI is InChI=1S/C30H33FN6O3/c1-17-7-4-8-18(2)36(17)29(38)22-12-6-11-21(27(22)31)19-9-5-10-20(13-19)37-28(25(15-32-37)30(39)40)24-14-23(24)26-16-35(3)34-33-26/h5-6,9-13,15-18,23-24,33-34H,4,7-8,14H2,1-3H3,(H,39,40)/t17-,18+,23-,24-/m0/s1. The average Bonchev–Trinajstić information content (AvgIpc) is 3.37. The maximum atomic E-state index is 16.0. The monoisotopic (exact) mass is 544 g/mol. The highest BCUT2D eigenvalue weighted by atomic mass is 19.1. The van der Waals surface area contributed by atoms with Crippen LogP contribution in [0.15, 0.2) is 60.6 Å². The highest BCUT2D eigenvalue weighted by molar-refractivity contribution is 5.96. The summed E-state index contributed by atoms with van der Waals surface area (Å²) in [6.07, 6.45) is 6.99. The molecular weight excluding hydrogens is 511 g/mol. The van der Waals surface area contributed by atoms with E-state index in [-0.39, 0.29) is 41.0 Å². The maximum absolute atomic E-state index is 16.0. The molecule has 4 atom stereocenters. The van der Waals surface area contributed by atoms with Crippen molar-refractivity contribution in [2.75, 3.05) is 7.05 Å². The number of benzene rings is 2. The van der Waals surface area contributed by atoms with Crippen molar-refractivity contribution in [3.8, 4) is 16.8 Å². The van der Waals surface area contributed by atoms with Gasteiger partial charge in [-0.25, -0.2) is 13.9 Å². The molecule has 1 saturated heterocycles. The Morgan fingerprint density at radius 3 is 2.50 bits per heavy atom. The summed E-state index contributed by atoms with van der Waals surface area (Å²) in [7, 11) is 1.88. The highest BCUT2D eigenvalue weighted by Crippen LogP contribution is 2.52. The molecule has 1 aliphatic carbocycles. The van der Waals surface area contributed by atoms with Gasteiger partial charge in [0, 0.05) is 48.4 Å². The van der Waals surface area contributed by atoms with E-state index >= 15 is 4.39 Å². The van der Waals surface area contributed by atoms with Crippen LogP contribution in [0.25, 0.3) is 16.8 Å². The Hall–Kier alpha value is -4.18. The topological polar surface area (TPSA) is 103 Å². The quantitative estimate of drug-likeness (QED) is 0.414. The summed E-state index contributed by atoms with van der Waals surface area (Å²) in [4.78, 5) is 27.4. The Morgan fingerprint density at radius 2 is 1.80 bits per heavy atom. The first-order valence-corrected chi connectivity index (χ1v) is 13.7. The molecule has 3 N–H and O–H groups in total. The number of hydrazine groups is 2. The lowest BCUT2D eigenvalue weighted by Gasteiger charge is -2.39. The summed E-state index contributed by atoms with van der Waals surface area (Å²) in [5, 5.41) is 16.2. The lowest BCUT2D eigenvalue weighted by atomic mass is 9.95. The lowest BCUT2D eigenvalue weighted by molar-refractivity contribution is 0.0505. The van der Waals surface area contributed by atoms with Crippen LogP contribution >= 0.6 is 0 Å². The predicted octanol–water partition coefficient (Wildman–Crippen LogP) is 4.68. The molecule has 3 aromatic rings. The van der Waals surface area contributed by atoms with Crippen LogP contribution in [0, 0.1) is 11.7 Å². The van der Waals surface area contributed by atoms with Crippen LogP contribution in [-0.4, -0.2) is 55.8 Å². The second-order valence-corrected chi connectivity index (χ2v) is 11.1. The van der Waals surface area contributed by atoms with Crippen LogP contribution in [-0.2, 0) is 0 Å². The van der Waals surface area contributed by atoms with Gasteiger partial charge in [0.25, 0.3) is 5.91 Å². The molecule has 2 aromatic carbocycles. The molecule has 0 bridgehead atoms. The van der Waals surface area contributed by atoms with E-state index in [4.69, 9.17) is 0 Å². The van der Waals surface area contributed by atoms with E-state index in [0.29, 0.717) is 22.5 Å². The summed E-state index contributed by atoms with van der Waals surface area (Å²) in [5.74, 6) is -1.78. The molecule has 1 amide bonds. The van der Waals surface area contributed by atoms with Crippen molar-refractivity contribution < 1.29 is 19.1 Å². The molecule has 6 rings (SSSR count). The largest absolute Gasteiger partial charge is 0.478 e. The van der Waals surface area contributed by atoms with Crippen molar-refractivity contribution in [3.05, 3.63) is 83.2 Å². The number of carboxylic acids is 1. The number of aromatic carboxylic acids is 1. The molecule has 3 heterocycles. The van der Waals surface area contributed by atoms with Crippen molar-refractivity contribution in [2.45, 2.75) is 57.5 Å². The Balaban J connectivity index is 1.35. The van der Waals surface area contributed by atoms with Crippen molar-refractivity contribution in [1.82, 2.24) is 30.6 Å². The van der Waals surface area contributed by atoms with Crippen molar-refractivity contribution in [1.29, 1.82) is 0 Å². The number of amides is 1. The summed E-state index contributed by atoms with van der Waals surface area (Å²) in [6, 6.07) is 12.2. The van der Waals surface area contributed by atoms with E-state index in [1.54, 1.807) is 46.0 Å². The van der Waals surface area contributed by atoms with Gasteiger partial charge in [-0.3, -0.25) is 9.80 Å². The van der Waals surface area contributed by atoms with Crippen LogP contribution in [0.5, 0.6) is 0 Å². The number of aromatic nitrogens is 2. The number of carbonyl (C=O) groups is 2. The maximum Gasteiger partial charge on any atom is 0.339 e. The molecule has 3 aliphatic rings. The third-order valence-electron chi connectivity index (χ3n) is 8.35. The minimum absolute atomic E-state index is 0.0319. The SMILES string of the molecule is C[C@@H]1CCC[C@H](C)N1C(=O)c1cccc(-c2cccc(-n3ncc(C(=O)O)c3[C@H]3C[C@@H]3C3=CN(C)NN3)c2)c1F. The number of allylic oxidation sites excluding steroid dienone is 1. The van der Waals surface area contributed by atoms with Crippen molar-refractivity contribution in [2.24, 2.45) is 5.92 Å². The number of hydrogen-bond acceptors (Lipinski definition) is 6. The van der Waals surface area contributed by atoms with E-state index in [9.17, 15) is 14.7 Å². The summed E-state index contributed by atoms with van der Waals surface area (Å²) >= 11 is 0. The van der Waals surface area contributed by atoms with Crippen LogP contribution in [0.2, 0.25) is 0 Å². The van der Waals surface area contributed by atoms with E-state index in [0.717, 1.165) is 31.4 Å². The van der Waals surface area contributed by atoms with Crippen LogP contribution < -0.4 is 11.0 Å². The molecule has 1 aromatic heterocycles. The fourth-order valence-electron chi connectivity index (χ4n) is 6.23. The first-order chi connectivity index (χ1) is 19.2. The number of rotatable bonds is 6. The van der Waals surface area contributed by atoms with E-state index in [1.165, 1.54) is 6.20 Å². The number of carboxylic acid groups (broad SMARTS) is 1. The highest BCUT2D eigenvalue weighted by Gasteiger charge is 2.46. The number of likely N-dealkylation sites (tertiary alicyclic amines) is 1. The molecule has 0 spiro atoms. The normalized spacial score (nSPS) is 24.1. The Kier molecular flexibility index (Phi) is 6.58. The second-order valence-electron chi connectivity index (χ2n) is 11.1. The molecule has 2 aliphatic heterocycles. The third-order valence-corrected chi connectivity index (χ3v) is 8.35. The number of carbonyl (C=O) groups excluding carboxylic acids is 1. The van der Waals surface area contributed by atoms with E-state index in [1.807, 2.05) is 38.2 Å². The zero-order valence-corrected chi connectivity index (χ0v) is 22.8. The first-order valence-electron chi connectivity index (χ1n) is 13.7. The molecule has 208 valence electrons. The van der Waals surface area contributed by atoms with Crippen LogP contribution in [0.4, 0.5) is 4.39 Å². The fourth-order valence-corrected chi connectivity index (χ4v) is 6.23. The zero-order chi connectivity index (χ0) is 28.1. The fraction of sp³-hybridized carbons (Fsp3) is 0.367. The van der Waals surface area contributed by atoms with E-state index in [2.05, 4.69) is 16.1 Å². The van der Waals surface area contributed by atoms with Gasteiger partial charge < -0.3 is 15.4 Å². The lowest BCUT2D eigenvalue weighted by Crippen LogP contribution is -2.47. The number of nitrogens with zero attached hydrogens (tertiary/aromatic N) is 4. The minimum Gasteiger partial charge on any atom is -0.478 e. The molecule has 9 nitrogen and oxygen atoms in total. The second kappa shape index (κ2) is 10.1. The molecule has 0 unspecified atom stereocenters. The van der Waals surface area contributed by atoms with Gasteiger partial charge in [-0.2, -0.15) is 5.10 Å². The Labute approximate surface area is 232 Å². The van der Waals surface area contributed by atoms with E-state index < -0.39 is 11.8 Å². The molecule has 1 saturated carbocycles. The van der Waals surface area contributed by atoms with Gasteiger partial charge in [-0.15, -0.1) is 5.53 Å². The summed E-state index contributed by atoms with van der Waals surface area (Å²) in [6.45, 7) is 4.04. The van der Waals surface area contributed by atoms with Gasteiger partial charge in [-0.05, 0) is 63.3 Å². The van der Waals surface area contributed by atoms with Crippen molar-refractivity contribution in [3.63, 3.8) is 0 Å². The number of halogens is 1. The molecule has 0 radical (unpaired) electrons. The van der Waals surface area contributed by atoms with Gasteiger partial charge in [-0.1, -0.05) is 24.3 Å². The summed E-state index contributed by atoms with van der Waals surface area (Å²) in [5.41, 5.74) is 9.49. The van der Waals surface area contributed by atoms with Gasteiger partial charge >= 0.3 is 5.97 Å². The zero-order valence-electron chi connectivity index (χ0n) is 22.8. The predicted molar refractivity (Wildman–Crippen MR) is 148 cm³/mol. The van der Waals surface area contributed by atoms with Crippen LogP contribution in [0.3, 0.4) is 0 Å². The molecule has 10 heteroatoms. The Morgan fingerprint density at radius 1 is 1.05 bits per heavy atom. The minimum atomic E-state index is -1.04. The Bertz CT molecular complexity index is 1510. The third kappa shape index (κ3) is 4.52. The molecule has 40 heavy (non-hydrogen) atoms. The van der Waals surface area contributed by atoms with Crippen molar-refractivity contribution >= 4 is 11.9 Å². The summed E-state index contributed by atoms with van der Waals surface area (Å²) < 4.78 is 17.6. The van der Waals surface area contributed by atoms with Gasteiger partial charge in [0.1, 0.15) is 11.4 Å².